The molecule has 1 aliphatic rings. The molecule has 25 heavy (non-hydrogen) atoms. The summed E-state index contributed by atoms with van der Waals surface area (Å²) in [5.74, 6) is 1.12. The summed E-state index contributed by atoms with van der Waals surface area (Å²) in [6.07, 6.45) is 1.73. The van der Waals surface area contributed by atoms with Crippen LogP contribution in [0.5, 0.6) is 17.2 Å². The number of carbonyl (C=O) groups is 1. The van der Waals surface area contributed by atoms with Crippen molar-refractivity contribution in [2.24, 2.45) is 0 Å². The molecule has 0 saturated carbocycles. The highest BCUT2D eigenvalue weighted by molar-refractivity contribution is 8.27. The summed E-state index contributed by atoms with van der Waals surface area (Å²) in [6, 6.07) is 11.8. The van der Waals surface area contributed by atoms with Crippen molar-refractivity contribution >= 4 is 46.0 Å². The van der Waals surface area contributed by atoms with Gasteiger partial charge in [0.1, 0.15) is 17.2 Å². The summed E-state index contributed by atoms with van der Waals surface area (Å²) in [5.41, 5.74) is 1.25. The Morgan fingerprint density at radius 3 is 2.64 bits per heavy atom. The second-order valence-corrected chi connectivity index (χ2v) is 6.82. The molecule has 128 valence electrons. The molecule has 0 aromatic heterocycles. The first-order valence-corrected chi connectivity index (χ1v) is 8.55. The van der Waals surface area contributed by atoms with E-state index in [-0.39, 0.29) is 11.7 Å². The molecule has 2 aromatic rings. The summed E-state index contributed by atoms with van der Waals surface area (Å²) in [5, 5.41) is 9.64. The molecule has 0 bridgehead atoms. The van der Waals surface area contributed by atoms with Crippen molar-refractivity contribution < 1.29 is 19.4 Å². The summed E-state index contributed by atoms with van der Waals surface area (Å²) < 4.78 is 11.0. The van der Waals surface area contributed by atoms with Crippen LogP contribution in [-0.2, 0) is 4.79 Å². The molecular formula is C18H15NO4S2. The largest absolute Gasteiger partial charge is 0.508 e. The Morgan fingerprint density at radius 2 is 1.96 bits per heavy atom. The van der Waals surface area contributed by atoms with E-state index in [0.717, 1.165) is 5.56 Å². The SMILES string of the molecule is COc1ccc(OC)c(C=C2SC(=S)N(c3cccc(O)c3)C2=O)c1. The van der Waals surface area contributed by atoms with Crippen LogP contribution in [0.1, 0.15) is 5.56 Å². The van der Waals surface area contributed by atoms with Crippen LogP contribution in [0.25, 0.3) is 6.08 Å². The quantitative estimate of drug-likeness (QED) is 0.650. The maximum Gasteiger partial charge on any atom is 0.270 e. The van der Waals surface area contributed by atoms with Gasteiger partial charge in [-0.05, 0) is 36.4 Å². The number of amides is 1. The number of benzene rings is 2. The zero-order chi connectivity index (χ0) is 18.0. The molecule has 2 aromatic carbocycles. The second-order valence-electron chi connectivity index (χ2n) is 5.14. The molecule has 0 spiro atoms. The van der Waals surface area contributed by atoms with Gasteiger partial charge in [-0.25, -0.2) is 0 Å². The lowest BCUT2D eigenvalue weighted by Gasteiger charge is -2.14. The number of rotatable bonds is 4. The Balaban J connectivity index is 1.98. The van der Waals surface area contributed by atoms with Crippen LogP contribution in [0, 0.1) is 0 Å². The smallest absolute Gasteiger partial charge is 0.270 e. The fourth-order valence-electron chi connectivity index (χ4n) is 2.42. The third-order valence-electron chi connectivity index (χ3n) is 3.61. The summed E-state index contributed by atoms with van der Waals surface area (Å²) in [4.78, 5) is 14.7. The Kier molecular flexibility index (Phi) is 4.96. The minimum absolute atomic E-state index is 0.0741. The first kappa shape index (κ1) is 17.3. The van der Waals surface area contributed by atoms with Crippen molar-refractivity contribution in [2.75, 3.05) is 19.1 Å². The summed E-state index contributed by atoms with van der Waals surface area (Å²) >= 11 is 6.54. The molecule has 7 heteroatoms. The number of aromatic hydroxyl groups is 1. The van der Waals surface area contributed by atoms with E-state index >= 15 is 0 Å². The molecule has 1 heterocycles. The number of phenolic OH excluding ortho intramolecular Hbond substituents is 1. The highest BCUT2D eigenvalue weighted by Gasteiger charge is 2.33. The number of anilines is 1. The minimum Gasteiger partial charge on any atom is -0.508 e. The van der Waals surface area contributed by atoms with Gasteiger partial charge in [-0.15, -0.1) is 0 Å². The molecule has 0 atom stereocenters. The highest BCUT2D eigenvalue weighted by Crippen LogP contribution is 2.38. The van der Waals surface area contributed by atoms with Gasteiger partial charge in [0.05, 0.1) is 24.8 Å². The van der Waals surface area contributed by atoms with Crippen LogP contribution in [0.4, 0.5) is 5.69 Å². The third kappa shape index (κ3) is 3.47. The van der Waals surface area contributed by atoms with E-state index in [9.17, 15) is 9.90 Å². The van der Waals surface area contributed by atoms with Gasteiger partial charge in [0.25, 0.3) is 5.91 Å². The van der Waals surface area contributed by atoms with E-state index in [0.29, 0.717) is 26.4 Å². The van der Waals surface area contributed by atoms with Crippen molar-refractivity contribution in [1.82, 2.24) is 0 Å². The van der Waals surface area contributed by atoms with Gasteiger partial charge in [-0.2, -0.15) is 0 Å². The van der Waals surface area contributed by atoms with E-state index in [1.165, 1.54) is 28.8 Å². The van der Waals surface area contributed by atoms with E-state index in [2.05, 4.69) is 0 Å². The van der Waals surface area contributed by atoms with E-state index < -0.39 is 0 Å². The number of hydrogen-bond acceptors (Lipinski definition) is 6. The first-order valence-electron chi connectivity index (χ1n) is 7.32. The van der Waals surface area contributed by atoms with E-state index in [1.54, 1.807) is 50.6 Å². The number of hydrogen-bond donors (Lipinski definition) is 1. The molecule has 1 N–H and O–H groups in total. The Hall–Kier alpha value is -2.51. The van der Waals surface area contributed by atoms with Crippen molar-refractivity contribution in [3.63, 3.8) is 0 Å². The van der Waals surface area contributed by atoms with Gasteiger partial charge >= 0.3 is 0 Å². The van der Waals surface area contributed by atoms with Gasteiger partial charge < -0.3 is 14.6 Å². The monoisotopic (exact) mass is 373 g/mol. The van der Waals surface area contributed by atoms with E-state index in [4.69, 9.17) is 21.7 Å². The molecule has 0 radical (unpaired) electrons. The predicted octanol–water partition coefficient (Wildman–Crippen LogP) is 3.82. The molecule has 1 amide bonds. The average Bonchev–Trinajstić information content (AvgIpc) is 2.88. The molecule has 3 rings (SSSR count). The van der Waals surface area contributed by atoms with Crippen LogP contribution in [0.15, 0.2) is 47.4 Å². The van der Waals surface area contributed by atoms with Gasteiger partial charge in [-0.1, -0.05) is 30.0 Å². The van der Waals surface area contributed by atoms with Gasteiger partial charge in [0, 0.05) is 11.6 Å². The predicted molar refractivity (Wildman–Crippen MR) is 103 cm³/mol. The van der Waals surface area contributed by atoms with Gasteiger partial charge in [0.15, 0.2) is 4.32 Å². The van der Waals surface area contributed by atoms with Crippen LogP contribution >= 0.6 is 24.0 Å². The Bertz CT molecular complexity index is 879. The standard InChI is InChI=1S/C18H15NO4S2/c1-22-14-6-7-15(23-2)11(8-14)9-16-17(21)19(18(24)25-16)12-4-3-5-13(20)10-12/h3-10,20H,1-2H3. The first-order chi connectivity index (χ1) is 12.0. The lowest BCUT2D eigenvalue weighted by molar-refractivity contribution is -0.113. The maximum absolute atomic E-state index is 12.8. The molecule has 1 saturated heterocycles. The number of thioether (sulfide) groups is 1. The molecule has 0 aliphatic carbocycles. The summed E-state index contributed by atoms with van der Waals surface area (Å²) in [6.45, 7) is 0. The average molecular weight is 373 g/mol. The van der Waals surface area contributed by atoms with Crippen molar-refractivity contribution in [3.05, 3.63) is 52.9 Å². The summed E-state index contributed by atoms with van der Waals surface area (Å²) in [7, 11) is 3.14. The van der Waals surface area contributed by atoms with Crippen molar-refractivity contribution in [2.45, 2.75) is 0 Å². The van der Waals surface area contributed by atoms with Crippen molar-refractivity contribution in [3.8, 4) is 17.2 Å². The van der Waals surface area contributed by atoms with Crippen LogP contribution < -0.4 is 14.4 Å². The fourth-order valence-corrected chi connectivity index (χ4v) is 3.71. The Morgan fingerprint density at radius 1 is 1.16 bits per heavy atom. The van der Waals surface area contributed by atoms with Crippen LogP contribution in [-0.4, -0.2) is 29.6 Å². The molecule has 1 fully saturated rings. The highest BCUT2D eigenvalue weighted by atomic mass is 32.2. The molecule has 5 nitrogen and oxygen atoms in total. The lowest BCUT2D eigenvalue weighted by atomic mass is 10.1. The third-order valence-corrected chi connectivity index (χ3v) is 4.91. The number of nitrogens with zero attached hydrogens (tertiary/aromatic N) is 1. The molecule has 1 aliphatic heterocycles. The number of methoxy groups -OCH3 is 2. The number of ether oxygens (including phenoxy) is 2. The topological polar surface area (TPSA) is 59.0 Å². The zero-order valence-corrected chi connectivity index (χ0v) is 15.2. The molecule has 0 unspecified atom stereocenters. The van der Waals surface area contributed by atoms with Gasteiger partial charge in [-0.3, -0.25) is 9.69 Å². The minimum atomic E-state index is -0.245. The lowest BCUT2D eigenvalue weighted by Crippen LogP contribution is -2.27. The normalized spacial score (nSPS) is 15.8. The second kappa shape index (κ2) is 7.16. The van der Waals surface area contributed by atoms with Gasteiger partial charge in [0.2, 0.25) is 0 Å². The van der Waals surface area contributed by atoms with Crippen molar-refractivity contribution in [1.29, 1.82) is 0 Å². The number of thiocarbonyl (C=S) groups is 1. The molecular weight excluding hydrogens is 358 g/mol. The van der Waals surface area contributed by atoms with Crippen LogP contribution in [0.3, 0.4) is 0 Å². The number of carbonyl (C=O) groups excluding carboxylic acids is 1. The number of phenols is 1. The van der Waals surface area contributed by atoms with E-state index in [1.807, 2.05) is 0 Å². The zero-order valence-electron chi connectivity index (χ0n) is 13.6. The maximum atomic E-state index is 12.8. The fraction of sp³-hybridized carbons (Fsp3) is 0.111. The van der Waals surface area contributed by atoms with Crippen LogP contribution in [0.2, 0.25) is 0 Å². The Labute approximate surface area is 154 Å².